The van der Waals surface area contributed by atoms with Crippen LogP contribution in [0.3, 0.4) is 0 Å². The molecule has 1 aliphatic heterocycles. The molecule has 6 nitrogen and oxygen atoms in total. The molecule has 6 heteroatoms. The van der Waals surface area contributed by atoms with Gasteiger partial charge in [0.1, 0.15) is 23.0 Å². The van der Waals surface area contributed by atoms with Crippen LogP contribution in [0.1, 0.15) is 5.56 Å². The van der Waals surface area contributed by atoms with Crippen LogP contribution in [0.4, 0.5) is 5.69 Å². The van der Waals surface area contributed by atoms with E-state index >= 15 is 0 Å². The van der Waals surface area contributed by atoms with Gasteiger partial charge < -0.3 is 19.3 Å². The number of aliphatic carboxylic acids is 1. The molecule has 1 N–H and O–H groups in total. The summed E-state index contributed by atoms with van der Waals surface area (Å²) >= 11 is 0. The standard InChI is InChI=1S/C23H21N3O3/c1-25-8-10-26(11-9-25)20-6-4-17(5-7-20)22-14-18-3-2-16(13-21(18)29-22)12-19(15-24)23(27)28/h2-7,12-14H,8-11H2,1H3,(H,27,28). The van der Waals surface area contributed by atoms with Crippen LogP contribution >= 0.6 is 0 Å². The second-order valence-electron chi connectivity index (χ2n) is 7.22. The first kappa shape index (κ1) is 18.8. The second kappa shape index (κ2) is 7.82. The van der Waals surface area contributed by atoms with Crippen LogP contribution in [0.2, 0.25) is 0 Å². The maximum atomic E-state index is 11.0. The van der Waals surface area contributed by atoms with E-state index in [0.717, 1.165) is 42.9 Å². The van der Waals surface area contributed by atoms with Crippen molar-refractivity contribution in [1.29, 1.82) is 5.26 Å². The van der Waals surface area contributed by atoms with Crippen LogP contribution in [0, 0.1) is 11.3 Å². The zero-order valence-electron chi connectivity index (χ0n) is 16.1. The van der Waals surface area contributed by atoms with Crippen LogP contribution in [0.5, 0.6) is 0 Å². The van der Waals surface area contributed by atoms with Gasteiger partial charge in [0, 0.05) is 42.8 Å². The first-order valence-electron chi connectivity index (χ1n) is 9.46. The smallest absolute Gasteiger partial charge is 0.346 e. The SMILES string of the molecule is CN1CCN(c2ccc(-c3cc4ccc(C=C(C#N)C(=O)O)cc4o3)cc2)CC1. The molecular weight excluding hydrogens is 366 g/mol. The van der Waals surface area contributed by atoms with Crippen molar-refractivity contribution in [1.82, 2.24) is 4.90 Å². The zero-order valence-corrected chi connectivity index (χ0v) is 16.1. The van der Waals surface area contributed by atoms with Crippen molar-refractivity contribution in [3.8, 4) is 17.4 Å². The average Bonchev–Trinajstić information content (AvgIpc) is 3.16. The number of carbonyl (C=O) groups is 1. The van der Waals surface area contributed by atoms with Crippen molar-refractivity contribution in [2.24, 2.45) is 0 Å². The summed E-state index contributed by atoms with van der Waals surface area (Å²) in [6.07, 6.45) is 1.34. The van der Waals surface area contributed by atoms with Crippen LogP contribution in [-0.4, -0.2) is 49.2 Å². The van der Waals surface area contributed by atoms with Gasteiger partial charge in [0.15, 0.2) is 0 Å². The summed E-state index contributed by atoms with van der Waals surface area (Å²) in [6, 6.07) is 17.4. The van der Waals surface area contributed by atoms with E-state index in [-0.39, 0.29) is 5.57 Å². The summed E-state index contributed by atoms with van der Waals surface area (Å²) in [6.45, 7) is 4.19. The van der Waals surface area contributed by atoms with Gasteiger partial charge in [0.25, 0.3) is 0 Å². The van der Waals surface area contributed by atoms with Gasteiger partial charge in [-0.25, -0.2) is 4.79 Å². The van der Waals surface area contributed by atoms with Gasteiger partial charge in [-0.05, 0) is 55.1 Å². The van der Waals surface area contributed by atoms with E-state index in [0.29, 0.717) is 11.1 Å². The summed E-state index contributed by atoms with van der Waals surface area (Å²) in [5.74, 6) is -0.488. The minimum atomic E-state index is -1.24. The molecule has 2 heterocycles. The Morgan fingerprint density at radius 3 is 2.48 bits per heavy atom. The maximum absolute atomic E-state index is 11.0. The van der Waals surface area contributed by atoms with Crippen molar-refractivity contribution in [2.45, 2.75) is 0 Å². The third-order valence-corrected chi connectivity index (χ3v) is 5.23. The molecule has 29 heavy (non-hydrogen) atoms. The molecule has 1 aliphatic rings. The number of hydrogen-bond donors (Lipinski definition) is 1. The Morgan fingerprint density at radius 2 is 1.83 bits per heavy atom. The largest absolute Gasteiger partial charge is 0.477 e. The number of likely N-dealkylation sites (N-methyl/N-ethyl adjacent to an activating group) is 1. The molecule has 0 amide bonds. The fourth-order valence-corrected chi connectivity index (χ4v) is 3.49. The fourth-order valence-electron chi connectivity index (χ4n) is 3.49. The van der Waals surface area contributed by atoms with E-state index in [1.54, 1.807) is 18.2 Å². The molecule has 3 aromatic rings. The number of rotatable bonds is 4. The Bertz CT molecular complexity index is 1110. The van der Waals surface area contributed by atoms with Crippen LogP contribution < -0.4 is 4.90 Å². The van der Waals surface area contributed by atoms with Crippen molar-refractivity contribution >= 4 is 28.7 Å². The predicted molar refractivity (Wildman–Crippen MR) is 113 cm³/mol. The normalized spacial score (nSPS) is 15.4. The van der Waals surface area contributed by atoms with Gasteiger partial charge in [-0.15, -0.1) is 0 Å². The molecule has 1 saturated heterocycles. The Kier molecular flexibility index (Phi) is 5.07. The summed E-state index contributed by atoms with van der Waals surface area (Å²) < 4.78 is 5.99. The van der Waals surface area contributed by atoms with Crippen molar-refractivity contribution < 1.29 is 14.3 Å². The number of furan rings is 1. The Morgan fingerprint density at radius 1 is 1.10 bits per heavy atom. The third kappa shape index (κ3) is 4.00. The molecule has 0 bridgehead atoms. The van der Waals surface area contributed by atoms with Gasteiger partial charge in [-0.2, -0.15) is 5.26 Å². The van der Waals surface area contributed by atoms with E-state index in [1.807, 2.05) is 12.1 Å². The average molecular weight is 387 g/mol. The number of anilines is 1. The topological polar surface area (TPSA) is 80.7 Å². The van der Waals surface area contributed by atoms with E-state index < -0.39 is 5.97 Å². The van der Waals surface area contributed by atoms with Gasteiger partial charge in [-0.3, -0.25) is 0 Å². The Labute approximate surface area is 168 Å². The molecule has 0 atom stereocenters. The zero-order chi connectivity index (χ0) is 20.4. The van der Waals surface area contributed by atoms with E-state index in [2.05, 4.69) is 41.1 Å². The Balaban J connectivity index is 1.58. The number of piperazine rings is 1. The molecule has 0 aliphatic carbocycles. The number of carboxylic acids is 1. The first-order valence-corrected chi connectivity index (χ1v) is 9.46. The lowest BCUT2D eigenvalue weighted by atomic mass is 10.1. The molecule has 2 aromatic carbocycles. The summed E-state index contributed by atoms with van der Waals surface area (Å²) in [5.41, 5.74) is 3.15. The summed E-state index contributed by atoms with van der Waals surface area (Å²) in [4.78, 5) is 15.7. The quantitative estimate of drug-likeness (QED) is 0.541. The molecule has 146 valence electrons. The summed E-state index contributed by atoms with van der Waals surface area (Å²) in [7, 11) is 2.14. The fraction of sp³-hybridized carbons (Fsp3) is 0.217. The highest BCUT2D eigenvalue weighted by molar-refractivity contribution is 5.97. The van der Waals surface area contributed by atoms with Crippen molar-refractivity contribution in [3.63, 3.8) is 0 Å². The van der Waals surface area contributed by atoms with Gasteiger partial charge in [-0.1, -0.05) is 12.1 Å². The maximum Gasteiger partial charge on any atom is 0.346 e. The van der Waals surface area contributed by atoms with E-state index in [4.69, 9.17) is 14.8 Å². The second-order valence-corrected chi connectivity index (χ2v) is 7.22. The lowest BCUT2D eigenvalue weighted by Gasteiger charge is -2.34. The monoisotopic (exact) mass is 387 g/mol. The van der Waals surface area contributed by atoms with Gasteiger partial charge in [0.05, 0.1) is 0 Å². The van der Waals surface area contributed by atoms with Crippen LogP contribution in [-0.2, 0) is 4.79 Å². The predicted octanol–water partition coefficient (Wildman–Crippen LogP) is 3.84. The number of carboxylic acid groups (broad SMARTS) is 1. The molecule has 1 fully saturated rings. The number of fused-ring (bicyclic) bond motifs is 1. The molecular formula is C23H21N3O3. The Hall–Kier alpha value is -3.56. The van der Waals surface area contributed by atoms with Gasteiger partial charge in [0.2, 0.25) is 0 Å². The number of nitrogens with zero attached hydrogens (tertiary/aromatic N) is 3. The first-order chi connectivity index (χ1) is 14.0. The number of benzene rings is 2. The van der Waals surface area contributed by atoms with E-state index in [1.165, 1.54) is 11.8 Å². The highest BCUT2D eigenvalue weighted by Crippen LogP contribution is 2.30. The summed E-state index contributed by atoms with van der Waals surface area (Å²) in [5, 5.41) is 18.9. The van der Waals surface area contributed by atoms with Crippen LogP contribution in [0.25, 0.3) is 28.4 Å². The molecule has 0 saturated carbocycles. The molecule has 4 rings (SSSR count). The lowest BCUT2D eigenvalue weighted by molar-refractivity contribution is -0.132. The van der Waals surface area contributed by atoms with Crippen molar-refractivity contribution in [3.05, 3.63) is 59.7 Å². The minimum Gasteiger partial charge on any atom is -0.477 e. The molecule has 0 spiro atoms. The van der Waals surface area contributed by atoms with Crippen molar-refractivity contribution in [2.75, 3.05) is 38.1 Å². The third-order valence-electron chi connectivity index (χ3n) is 5.23. The minimum absolute atomic E-state index is 0.310. The van der Waals surface area contributed by atoms with E-state index in [9.17, 15) is 4.79 Å². The highest BCUT2D eigenvalue weighted by atomic mass is 16.4. The van der Waals surface area contributed by atoms with Crippen LogP contribution in [0.15, 0.2) is 58.5 Å². The van der Waals surface area contributed by atoms with Gasteiger partial charge >= 0.3 is 5.97 Å². The molecule has 1 aromatic heterocycles. The molecule has 0 unspecified atom stereocenters. The highest BCUT2D eigenvalue weighted by Gasteiger charge is 2.15. The number of nitriles is 1. The molecule has 0 radical (unpaired) electrons. The lowest BCUT2D eigenvalue weighted by Crippen LogP contribution is -2.44. The number of hydrogen-bond acceptors (Lipinski definition) is 5.